The van der Waals surface area contributed by atoms with E-state index in [4.69, 9.17) is 14.1 Å². The average Bonchev–Trinajstić information content (AvgIpc) is 3.11. The molecule has 1 heterocycles. The zero-order valence-electron chi connectivity index (χ0n) is 18.2. The molecular formula is C22H34IN3O3. The molecule has 2 aromatic rings. The third-order valence-electron chi connectivity index (χ3n) is 4.70. The summed E-state index contributed by atoms with van der Waals surface area (Å²) in [7, 11) is 1.67. The molecule has 0 saturated heterocycles. The Labute approximate surface area is 191 Å². The van der Waals surface area contributed by atoms with Crippen molar-refractivity contribution >= 4 is 29.9 Å². The minimum Gasteiger partial charge on any atom is -0.497 e. The van der Waals surface area contributed by atoms with Gasteiger partial charge in [-0.3, -0.25) is 4.99 Å². The van der Waals surface area contributed by atoms with Gasteiger partial charge in [0.05, 0.1) is 20.2 Å². The molecule has 0 bridgehead atoms. The van der Waals surface area contributed by atoms with E-state index in [0.717, 1.165) is 23.6 Å². The number of hydrogen-bond donors (Lipinski definition) is 3. The molecule has 0 spiro atoms. The Morgan fingerprint density at radius 1 is 1.17 bits per heavy atom. The van der Waals surface area contributed by atoms with Gasteiger partial charge in [0.15, 0.2) is 5.96 Å². The molecule has 0 amide bonds. The number of furan rings is 1. The van der Waals surface area contributed by atoms with Gasteiger partial charge in [0.25, 0.3) is 0 Å². The van der Waals surface area contributed by atoms with Crippen LogP contribution in [0.2, 0.25) is 0 Å². The Balaban J connectivity index is 0.00000420. The molecule has 0 saturated carbocycles. The molecule has 0 aliphatic heterocycles. The Morgan fingerprint density at radius 3 is 2.48 bits per heavy atom. The van der Waals surface area contributed by atoms with Crippen LogP contribution in [0.15, 0.2) is 45.8 Å². The highest BCUT2D eigenvalue weighted by Gasteiger charge is 2.27. The number of guanidine groups is 1. The maximum atomic E-state index is 10.7. The van der Waals surface area contributed by atoms with Crippen molar-refractivity contribution in [1.82, 2.24) is 10.6 Å². The maximum Gasteiger partial charge on any atom is 0.191 e. The Hall–Kier alpha value is -1.74. The number of aryl methyl sites for hydroxylation is 1. The SMILES string of the molecule is CCNC(=NCC(C)(C)c1cccc(OC)c1)NCC(C)(O)c1ccc(C)o1.I. The van der Waals surface area contributed by atoms with Gasteiger partial charge in [0, 0.05) is 12.0 Å². The van der Waals surface area contributed by atoms with Gasteiger partial charge in [-0.1, -0.05) is 26.0 Å². The molecular weight excluding hydrogens is 481 g/mol. The molecule has 0 aliphatic rings. The van der Waals surface area contributed by atoms with Gasteiger partial charge < -0.3 is 24.9 Å². The van der Waals surface area contributed by atoms with Crippen molar-refractivity contribution in [1.29, 1.82) is 0 Å². The monoisotopic (exact) mass is 515 g/mol. The highest BCUT2D eigenvalue weighted by atomic mass is 127. The highest BCUT2D eigenvalue weighted by molar-refractivity contribution is 14.0. The molecule has 1 aromatic carbocycles. The first-order valence-electron chi connectivity index (χ1n) is 9.64. The standard InChI is InChI=1S/C22H33N3O3.HI/c1-7-23-20(25-15-22(5,26)19-12-11-16(2)28-19)24-14-21(3,4)17-9-8-10-18(13-17)27-6;/h8-13,26H,7,14-15H2,1-6H3,(H2,23,24,25);1H. The fourth-order valence-corrected chi connectivity index (χ4v) is 2.82. The molecule has 1 atom stereocenters. The van der Waals surface area contributed by atoms with Crippen LogP contribution >= 0.6 is 24.0 Å². The van der Waals surface area contributed by atoms with Crippen LogP contribution in [0, 0.1) is 6.92 Å². The van der Waals surface area contributed by atoms with Gasteiger partial charge >= 0.3 is 0 Å². The van der Waals surface area contributed by atoms with Gasteiger partial charge in [0.2, 0.25) is 0 Å². The van der Waals surface area contributed by atoms with E-state index in [1.54, 1.807) is 20.1 Å². The number of aliphatic hydroxyl groups is 1. The van der Waals surface area contributed by atoms with Crippen LogP contribution in [-0.4, -0.2) is 37.8 Å². The molecule has 1 unspecified atom stereocenters. The van der Waals surface area contributed by atoms with Gasteiger partial charge in [-0.25, -0.2) is 0 Å². The Kier molecular flexibility index (Phi) is 9.48. The van der Waals surface area contributed by atoms with Crippen molar-refractivity contribution < 1.29 is 14.3 Å². The van der Waals surface area contributed by atoms with E-state index in [1.807, 2.05) is 38.1 Å². The van der Waals surface area contributed by atoms with Crippen LogP contribution in [0.5, 0.6) is 5.75 Å². The van der Waals surface area contributed by atoms with E-state index < -0.39 is 5.60 Å². The molecule has 0 fully saturated rings. The first-order valence-corrected chi connectivity index (χ1v) is 9.64. The second kappa shape index (κ2) is 10.9. The quantitative estimate of drug-likeness (QED) is 0.282. The second-order valence-corrected chi connectivity index (χ2v) is 7.85. The van der Waals surface area contributed by atoms with Gasteiger partial charge in [0.1, 0.15) is 22.9 Å². The summed E-state index contributed by atoms with van der Waals surface area (Å²) in [5.41, 5.74) is -0.144. The molecule has 6 nitrogen and oxygen atoms in total. The fourth-order valence-electron chi connectivity index (χ4n) is 2.82. The van der Waals surface area contributed by atoms with Gasteiger partial charge in [-0.2, -0.15) is 0 Å². The largest absolute Gasteiger partial charge is 0.497 e. The van der Waals surface area contributed by atoms with Crippen LogP contribution in [0.3, 0.4) is 0 Å². The van der Waals surface area contributed by atoms with Crippen molar-refractivity contribution in [3.63, 3.8) is 0 Å². The summed E-state index contributed by atoms with van der Waals surface area (Å²) in [5.74, 6) is 2.80. The average molecular weight is 515 g/mol. The van der Waals surface area contributed by atoms with E-state index >= 15 is 0 Å². The highest BCUT2D eigenvalue weighted by Crippen LogP contribution is 2.27. The van der Waals surface area contributed by atoms with Crippen LogP contribution < -0.4 is 15.4 Å². The summed E-state index contributed by atoms with van der Waals surface area (Å²) in [5, 5.41) is 17.2. The van der Waals surface area contributed by atoms with Crippen molar-refractivity contribution in [3.05, 3.63) is 53.5 Å². The fraction of sp³-hybridized carbons (Fsp3) is 0.500. The maximum absolute atomic E-state index is 10.7. The zero-order chi connectivity index (χ0) is 20.8. The second-order valence-electron chi connectivity index (χ2n) is 7.85. The zero-order valence-corrected chi connectivity index (χ0v) is 20.5. The summed E-state index contributed by atoms with van der Waals surface area (Å²) in [6, 6.07) is 11.7. The van der Waals surface area contributed by atoms with Crippen molar-refractivity contribution in [2.24, 2.45) is 4.99 Å². The lowest BCUT2D eigenvalue weighted by Crippen LogP contribution is -2.45. The number of aliphatic imine (C=N–C) groups is 1. The summed E-state index contributed by atoms with van der Waals surface area (Å²) < 4.78 is 10.9. The van der Waals surface area contributed by atoms with E-state index in [-0.39, 0.29) is 35.9 Å². The lowest BCUT2D eigenvalue weighted by atomic mass is 9.85. The molecule has 0 radical (unpaired) electrons. The molecule has 1 aromatic heterocycles. The van der Waals surface area contributed by atoms with E-state index in [1.165, 1.54) is 0 Å². The molecule has 29 heavy (non-hydrogen) atoms. The summed E-state index contributed by atoms with van der Waals surface area (Å²) in [4.78, 5) is 4.73. The summed E-state index contributed by atoms with van der Waals surface area (Å²) >= 11 is 0. The predicted octanol–water partition coefficient (Wildman–Crippen LogP) is 3.96. The minimum absolute atomic E-state index is 0. The number of rotatable bonds is 8. The van der Waals surface area contributed by atoms with E-state index in [9.17, 15) is 5.11 Å². The minimum atomic E-state index is -1.13. The first kappa shape index (κ1) is 25.3. The van der Waals surface area contributed by atoms with Crippen LogP contribution in [0.1, 0.15) is 44.8 Å². The van der Waals surface area contributed by atoms with Gasteiger partial charge in [-0.05, 0) is 50.6 Å². The van der Waals surface area contributed by atoms with Gasteiger partial charge in [-0.15, -0.1) is 24.0 Å². The molecule has 3 N–H and O–H groups in total. The lowest BCUT2D eigenvalue weighted by Gasteiger charge is -2.26. The van der Waals surface area contributed by atoms with Crippen LogP contribution in [0.25, 0.3) is 0 Å². The molecule has 2 rings (SSSR count). The molecule has 162 valence electrons. The number of ether oxygens (including phenoxy) is 1. The van der Waals surface area contributed by atoms with Crippen LogP contribution in [-0.2, 0) is 11.0 Å². The van der Waals surface area contributed by atoms with Crippen molar-refractivity contribution in [2.45, 2.75) is 45.6 Å². The third kappa shape index (κ3) is 7.22. The number of nitrogens with zero attached hydrogens (tertiary/aromatic N) is 1. The first-order chi connectivity index (χ1) is 13.2. The van der Waals surface area contributed by atoms with Crippen molar-refractivity contribution in [3.8, 4) is 5.75 Å². The number of benzene rings is 1. The third-order valence-corrected chi connectivity index (χ3v) is 4.70. The number of nitrogens with one attached hydrogen (secondary N) is 2. The van der Waals surface area contributed by atoms with E-state index in [2.05, 4.69) is 30.5 Å². The Morgan fingerprint density at radius 2 is 1.90 bits per heavy atom. The number of hydrogen-bond acceptors (Lipinski definition) is 4. The topological polar surface area (TPSA) is 79.0 Å². The lowest BCUT2D eigenvalue weighted by molar-refractivity contribution is 0.0378. The number of halogens is 1. The predicted molar refractivity (Wildman–Crippen MR) is 128 cm³/mol. The number of methoxy groups -OCH3 is 1. The van der Waals surface area contributed by atoms with Crippen molar-refractivity contribution in [2.75, 3.05) is 26.7 Å². The van der Waals surface area contributed by atoms with Crippen LogP contribution in [0.4, 0.5) is 0 Å². The summed E-state index contributed by atoms with van der Waals surface area (Å²) in [6.07, 6.45) is 0. The molecule has 0 aliphatic carbocycles. The normalized spacial score (nSPS) is 14.0. The van der Waals surface area contributed by atoms with E-state index in [0.29, 0.717) is 18.3 Å². The summed E-state index contributed by atoms with van der Waals surface area (Å²) in [6.45, 7) is 11.5. The smallest absolute Gasteiger partial charge is 0.191 e. The molecule has 7 heteroatoms. The Bertz CT molecular complexity index is 800.